The molecule has 2 aromatic carbocycles. The van der Waals surface area contributed by atoms with Crippen LogP contribution in [0.3, 0.4) is 0 Å². The monoisotopic (exact) mass is 602 g/mol. The van der Waals surface area contributed by atoms with E-state index in [9.17, 15) is 24.3 Å². The van der Waals surface area contributed by atoms with Crippen LogP contribution in [0.5, 0.6) is 0 Å². The predicted octanol–water partition coefficient (Wildman–Crippen LogP) is 3.75. The van der Waals surface area contributed by atoms with Gasteiger partial charge in [0.2, 0.25) is 0 Å². The van der Waals surface area contributed by atoms with Crippen LogP contribution in [0.1, 0.15) is 68.9 Å². The van der Waals surface area contributed by atoms with Crippen molar-refractivity contribution >= 4 is 35.5 Å². The van der Waals surface area contributed by atoms with Crippen LogP contribution < -0.4 is 0 Å². The van der Waals surface area contributed by atoms with E-state index in [2.05, 4.69) is 0 Å². The van der Waals surface area contributed by atoms with Crippen LogP contribution in [0.4, 0.5) is 0 Å². The molecule has 0 amide bonds. The molecule has 226 valence electrons. The molecular weight excluding hydrogens is 568 g/mol. The molecule has 1 saturated heterocycles. The van der Waals surface area contributed by atoms with Gasteiger partial charge in [0.15, 0.2) is 18.3 Å². The third-order valence-corrected chi connectivity index (χ3v) is 7.87. The Morgan fingerprint density at radius 3 is 2.00 bits per heavy atom. The van der Waals surface area contributed by atoms with E-state index in [-0.39, 0.29) is 18.6 Å². The van der Waals surface area contributed by atoms with E-state index < -0.39 is 54.4 Å². The van der Waals surface area contributed by atoms with Gasteiger partial charge in [-0.25, -0.2) is 0 Å². The third kappa shape index (κ3) is 7.48. The first-order valence-corrected chi connectivity index (χ1v) is 14.1. The quantitative estimate of drug-likeness (QED) is 0.316. The van der Waals surface area contributed by atoms with Crippen molar-refractivity contribution in [1.29, 1.82) is 0 Å². The molecule has 5 atom stereocenters. The average molecular weight is 603 g/mol. The van der Waals surface area contributed by atoms with Crippen molar-refractivity contribution in [2.24, 2.45) is 0 Å². The Morgan fingerprint density at radius 2 is 1.45 bits per heavy atom. The van der Waals surface area contributed by atoms with Crippen LogP contribution >= 0.6 is 11.6 Å². The summed E-state index contributed by atoms with van der Waals surface area (Å²) in [5.41, 5.74) is 3.28. The Kier molecular flexibility index (Phi) is 9.91. The maximum absolute atomic E-state index is 12.2. The van der Waals surface area contributed by atoms with Crippen LogP contribution in [0, 0.1) is 0 Å². The number of carbonyl (C=O) groups excluding carboxylic acids is 4. The summed E-state index contributed by atoms with van der Waals surface area (Å²) in [4.78, 5) is 48.0. The number of aliphatic hydroxyl groups is 1. The highest BCUT2D eigenvalue weighted by Crippen LogP contribution is 2.47. The summed E-state index contributed by atoms with van der Waals surface area (Å²) in [5, 5.41) is 10.3. The maximum Gasteiger partial charge on any atom is 0.303 e. The number of aliphatic hydroxyl groups excluding tert-OH is 1. The smallest absolute Gasteiger partial charge is 0.303 e. The SMILES string of the molecule is CC(=O)OC[C@H]1O[C@@H](c2ccc(Cl)c(Cc3ccc(C4(CO)CC4)cc3)c2)[C@H](OC(C)=O)[C@@H](OC(C)=O)[C@@H]1OC(C)=O. The van der Waals surface area contributed by atoms with Crippen LogP contribution in [0.15, 0.2) is 42.5 Å². The zero-order chi connectivity index (χ0) is 30.6. The number of ether oxygens (including phenoxy) is 5. The third-order valence-electron chi connectivity index (χ3n) is 7.51. The molecule has 1 aliphatic heterocycles. The van der Waals surface area contributed by atoms with E-state index in [0.29, 0.717) is 17.0 Å². The van der Waals surface area contributed by atoms with Gasteiger partial charge in [0, 0.05) is 38.1 Å². The second-order valence-electron chi connectivity index (χ2n) is 10.8. The van der Waals surface area contributed by atoms with Gasteiger partial charge < -0.3 is 28.8 Å². The molecule has 42 heavy (non-hydrogen) atoms. The van der Waals surface area contributed by atoms with E-state index in [0.717, 1.165) is 29.5 Å². The number of hydrogen-bond donors (Lipinski definition) is 1. The first-order chi connectivity index (χ1) is 19.9. The van der Waals surface area contributed by atoms with Crippen molar-refractivity contribution in [3.8, 4) is 0 Å². The van der Waals surface area contributed by atoms with Gasteiger partial charge in [0.05, 0.1) is 6.61 Å². The number of hydrogen-bond acceptors (Lipinski definition) is 10. The summed E-state index contributed by atoms with van der Waals surface area (Å²) in [7, 11) is 0. The predicted molar refractivity (Wildman–Crippen MR) is 150 cm³/mol. The van der Waals surface area contributed by atoms with E-state index in [4.69, 9.17) is 35.3 Å². The highest BCUT2D eigenvalue weighted by molar-refractivity contribution is 6.31. The van der Waals surface area contributed by atoms with Crippen molar-refractivity contribution in [1.82, 2.24) is 0 Å². The highest BCUT2D eigenvalue weighted by atomic mass is 35.5. The molecule has 0 spiro atoms. The van der Waals surface area contributed by atoms with E-state index >= 15 is 0 Å². The van der Waals surface area contributed by atoms with Gasteiger partial charge in [-0.3, -0.25) is 19.2 Å². The van der Waals surface area contributed by atoms with Gasteiger partial charge in [0.1, 0.15) is 18.8 Å². The number of esters is 4. The van der Waals surface area contributed by atoms with E-state index in [1.54, 1.807) is 12.1 Å². The summed E-state index contributed by atoms with van der Waals surface area (Å²) in [6.45, 7) is 4.59. The summed E-state index contributed by atoms with van der Waals surface area (Å²) in [6.07, 6.45) is -3.34. The fourth-order valence-electron chi connectivity index (χ4n) is 5.29. The normalized spacial score (nSPS) is 24.3. The molecule has 0 unspecified atom stereocenters. The minimum Gasteiger partial charge on any atom is -0.463 e. The fraction of sp³-hybridized carbons (Fsp3) is 0.484. The van der Waals surface area contributed by atoms with Crippen molar-refractivity contribution in [2.75, 3.05) is 13.2 Å². The Hall–Kier alpha value is -3.47. The number of benzene rings is 2. The van der Waals surface area contributed by atoms with E-state index in [1.165, 1.54) is 27.7 Å². The lowest BCUT2D eigenvalue weighted by Crippen LogP contribution is -2.59. The fourth-order valence-corrected chi connectivity index (χ4v) is 5.47. The Balaban J connectivity index is 1.69. The van der Waals surface area contributed by atoms with Crippen molar-refractivity contribution in [2.45, 2.75) is 82.9 Å². The lowest BCUT2D eigenvalue weighted by atomic mass is 9.89. The molecule has 2 aromatic rings. The molecule has 0 radical (unpaired) electrons. The van der Waals surface area contributed by atoms with Gasteiger partial charge in [-0.1, -0.05) is 48.0 Å². The minimum atomic E-state index is -1.26. The first kappa shape index (κ1) is 31.5. The lowest BCUT2D eigenvalue weighted by Gasteiger charge is -2.44. The van der Waals surface area contributed by atoms with Crippen LogP contribution in [-0.4, -0.2) is 66.6 Å². The molecular formula is C31H35ClO10. The van der Waals surface area contributed by atoms with Gasteiger partial charge in [0.25, 0.3) is 0 Å². The highest BCUT2D eigenvalue weighted by Gasteiger charge is 2.52. The summed E-state index contributed by atoms with van der Waals surface area (Å²) >= 11 is 6.59. The van der Waals surface area contributed by atoms with E-state index in [1.807, 2.05) is 30.3 Å². The largest absolute Gasteiger partial charge is 0.463 e. The molecule has 1 heterocycles. The van der Waals surface area contributed by atoms with Crippen molar-refractivity contribution < 1.29 is 48.0 Å². The topological polar surface area (TPSA) is 135 Å². The molecule has 2 aliphatic rings. The zero-order valence-corrected chi connectivity index (χ0v) is 24.7. The average Bonchev–Trinajstić information content (AvgIpc) is 3.72. The Morgan fingerprint density at radius 1 is 0.857 bits per heavy atom. The maximum atomic E-state index is 12.2. The zero-order valence-electron chi connectivity index (χ0n) is 24.0. The molecule has 2 fully saturated rings. The summed E-state index contributed by atoms with van der Waals surface area (Å²) in [5.74, 6) is -2.65. The molecule has 11 heteroatoms. The molecule has 4 rings (SSSR count). The van der Waals surface area contributed by atoms with Crippen LogP contribution in [0.25, 0.3) is 0 Å². The minimum absolute atomic E-state index is 0.121. The number of halogens is 1. The van der Waals surface area contributed by atoms with Gasteiger partial charge in [-0.05, 0) is 47.6 Å². The first-order valence-electron chi connectivity index (χ1n) is 13.7. The molecule has 1 N–H and O–H groups in total. The van der Waals surface area contributed by atoms with Crippen molar-refractivity contribution in [3.05, 3.63) is 69.7 Å². The van der Waals surface area contributed by atoms with Crippen LogP contribution in [0.2, 0.25) is 5.02 Å². The molecule has 10 nitrogen and oxygen atoms in total. The molecule has 0 bridgehead atoms. The molecule has 1 saturated carbocycles. The molecule has 1 aliphatic carbocycles. The van der Waals surface area contributed by atoms with Gasteiger partial charge in [-0.15, -0.1) is 0 Å². The lowest BCUT2D eigenvalue weighted by molar-refractivity contribution is -0.254. The standard InChI is InChI=1S/C31H35ClO10/c1-17(34)38-15-26-28(39-18(2)35)30(41-20(4)37)29(40-19(3)36)27(42-26)22-7-10-25(32)23(14-22)13-21-5-8-24(9-6-21)31(16-33)11-12-31/h5-10,14,26-30,33H,11-13,15-16H2,1-4H3/t26-,27+,28-,29+,30+/m1/s1. The molecule has 0 aromatic heterocycles. The van der Waals surface area contributed by atoms with Crippen LogP contribution in [-0.2, 0) is 54.7 Å². The number of carbonyl (C=O) groups is 4. The van der Waals surface area contributed by atoms with Gasteiger partial charge in [-0.2, -0.15) is 0 Å². The Bertz CT molecular complexity index is 1320. The van der Waals surface area contributed by atoms with Crippen molar-refractivity contribution in [3.63, 3.8) is 0 Å². The summed E-state index contributed by atoms with van der Waals surface area (Å²) < 4.78 is 28.1. The second-order valence-corrected chi connectivity index (χ2v) is 11.2. The van der Waals surface area contributed by atoms with Gasteiger partial charge >= 0.3 is 23.9 Å². The second kappa shape index (κ2) is 13.2. The Labute approximate surface area is 249 Å². The number of rotatable bonds is 10. The summed E-state index contributed by atoms with van der Waals surface area (Å²) in [6, 6.07) is 13.3.